The van der Waals surface area contributed by atoms with Crippen molar-refractivity contribution in [2.45, 2.75) is 70.6 Å². The summed E-state index contributed by atoms with van der Waals surface area (Å²) in [5.74, 6) is 7.32. The van der Waals surface area contributed by atoms with Gasteiger partial charge in [-0.1, -0.05) is 80.5 Å². The summed E-state index contributed by atoms with van der Waals surface area (Å²) in [6.45, 7) is 6.17. The molecule has 1 saturated carbocycles. The molecule has 0 N–H and O–H groups in total. The van der Waals surface area contributed by atoms with E-state index in [1.165, 1.54) is 62.5 Å². The van der Waals surface area contributed by atoms with Crippen LogP contribution in [0.15, 0.2) is 67.3 Å². The predicted octanol–water partition coefficient (Wildman–Crippen LogP) is 8.96. The molecule has 1 fully saturated rings. The Bertz CT molecular complexity index is 1130. The Kier molecular flexibility index (Phi) is 8.01. The number of hydrogen-bond acceptors (Lipinski definition) is 0. The largest absolute Gasteiger partial charge is 0.205 e. The molecule has 0 amide bonds. The monoisotopic (exact) mass is 438 g/mol. The third kappa shape index (κ3) is 5.94. The van der Waals surface area contributed by atoms with E-state index >= 15 is 4.39 Å². The van der Waals surface area contributed by atoms with Crippen molar-refractivity contribution >= 4 is 10.8 Å². The maximum Gasteiger partial charge on any atom is 0.146 e. The Labute approximate surface area is 198 Å². The molecular formula is C32H35F. The summed E-state index contributed by atoms with van der Waals surface area (Å²) in [7, 11) is 0. The molecule has 3 aromatic rings. The number of benzene rings is 3. The summed E-state index contributed by atoms with van der Waals surface area (Å²) in [6, 6.07) is 18.5. The van der Waals surface area contributed by atoms with Crippen LogP contribution in [0, 0.1) is 23.6 Å². The van der Waals surface area contributed by atoms with Crippen LogP contribution in [0.25, 0.3) is 10.8 Å². The molecule has 0 radical (unpaired) electrons. The number of fused-ring (bicyclic) bond motifs is 1. The van der Waals surface area contributed by atoms with Gasteiger partial charge in [0.2, 0.25) is 0 Å². The van der Waals surface area contributed by atoms with E-state index in [0.717, 1.165) is 17.4 Å². The molecule has 33 heavy (non-hydrogen) atoms. The first-order chi connectivity index (χ1) is 16.2. The first-order valence-corrected chi connectivity index (χ1v) is 12.6. The number of hydrogen-bond donors (Lipinski definition) is 0. The average Bonchev–Trinajstić information content (AvgIpc) is 2.87. The second-order valence-electron chi connectivity index (χ2n) is 9.51. The van der Waals surface area contributed by atoms with E-state index in [1.807, 2.05) is 18.2 Å². The van der Waals surface area contributed by atoms with Gasteiger partial charge in [-0.05, 0) is 85.1 Å². The number of rotatable bonds is 7. The van der Waals surface area contributed by atoms with E-state index in [1.54, 1.807) is 0 Å². The molecule has 0 heterocycles. The fraction of sp³-hybridized carbons (Fsp3) is 0.375. The second kappa shape index (κ2) is 11.3. The van der Waals surface area contributed by atoms with Crippen molar-refractivity contribution in [3.63, 3.8) is 0 Å². The molecule has 170 valence electrons. The highest BCUT2D eigenvalue weighted by Crippen LogP contribution is 2.36. The van der Waals surface area contributed by atoms with Crippen molar-refractivity contribution in [2.24, 2.45) is 5.92 Å². The minimum Gasteiger partial charge on any atom is -0.205 e. The summed E-state index contributed by atoms with van der Waals surface area (Å²) in [5.41, 5.74) is 4.07. The third-order valence-electron chi connectivity index (χ3n) is 7.17. The molecule has 0 bridgehead atoms. The van der Waals surface area contributed by atoms with Crippen LogP contribution in [0.3, 0.4) is 0 Å². The van der Waals surface area contributed by atoms with Gasteiger partial charge in [0.15, 0.2) is 0 Å². The summed E-state index contributed by atoms with van der Waals surface area (Å²) in [5, 5.41) is 1.62. The van der Waals surface area contributed by atoms with E-state index in [-0.39, 0.29) is 5.82 Å². The number of aryl methyl sites for hydroxylation is 1. The second-order valence-corrected chi connectivity index (χ2v) is 9.51. The topological polar surface area (TPSA) is 0 Å². The zero-order valence-electron chi connectivity index (χ0n) is 19.9. The minimum atomic E-state index is -0.215. The molecule has 0 atom stereocenters. The van der Waals surface area contributed by atoms with Crippen molar-refractivity contribution in [2.75, 3.05) is 0 Å². The first kappa shape index (κ1) is 23.3. The van der Waals surface area contributed by atoms with Crippen molar-refractivity contribution in [3.8, 4) is 11.8 Å². The van der Waals surface area contributed by atoms with Gasteiger partial charge in [0.25, 0.3) is 0 Å². The van der Waals surface area contributed by atoms with Gasteiger partial charge in [0, 0.05) is 10.9 Å². The summed E-state index contributed by atoms with van der Waals surface area (Å²) in [6.07, 6.45) is 13.1. The van der Waals surface area contributed by atoms with Gasteiger partial charge in [-0.15, -0.1) is 6.58 Å². The van der Waals surface area contributed by atoms with Crippen LogP contribution in [0.1, 0.15) is 86.5 Å². The van der Waals surface area contributed by atoms with E-state index < -0.39 is 0 Å². The minimum absolute atomic E-state index is 0.215. The zero-order valence-corrected chi connectivity index (χ0v) is 19.9. The van der Waals surface area contributed by atoms with Crippen LogP contribution in [-0.4, -0.2) is 0 Å². The van der Waals surface area contributed by atoms with Crippen LogP contribution in [-0.2, 0) is 6.42 Å². The molecule has 1 aliphatic carbocycles. The Hall–Kier alpha value is -2.85. The maximum absolute atomic E-state index is 15.1. The smallest absolute Gasteiger partial charge is 0.146 e. The Morgan fingerprint density at radius 3 is 2.42 bits per heavy atom. The molecule has 0 saturated heterocycles. The zero-order chi connectivity index (χ0) is 23.0. The lowest BCUT2D eigenvalue weighted by Gasteiger charge is -2.26. The van der Waals surface area contributed by atoms with E-state index in [9.17, 15) is 0 Å². The molecule has 0 nitrogen and oxygen atoms in total. The van der Waals surface area contributed by atoms with Crippen molar-refractivity contribution in [1.82, 2.24) is 0 Å². The fourth-order valence-electron chi connectivity index (χ4n) is 5.02. The molecule has 0 aromatic heterocycles. The fourth-order valence-corrected chi connectivity index (χ4v) is 5.02. The molecule has 1 aliphatic rings. The van der Waals surface area contributed by atoms with Gasteiger partial charge in [-0.25, -0.2) is 4.39 Å². The lowest BCUT2D eigenvalue weighted by molar-refractivity contribution is 0.376. The number of unbranched alkanes of at least 4 members (excludes halogenated alkanes) is 3. The SMILES string of the molecule is C=CC1CCC(c2ccc(C#Cc3ccc4cc(CCCCCC)ccc4c3F)cc2)CC1. The Morgan fingerprint density at radius 1 is 0.909 bits per heavy atom. The van der Waals surface area contributed by atoms with Gasteiger partial charge in [0.05, 0.1) is 5.56 Å². The molecule has 0 aliphatic heterocycles. The lowest BCUT2D eigenvalue weighted by Crippen LogP contribution is -2.11. The predicted molar refractivity (Wildman–Crippen MR) is 139 cm³/mol. The highest BCUT2D eigenvalue weighted by molar-refractivity contribution is 5.85. The first-order valence-electron chi connectivity index (χ1n) is 12.6. The molecule has 4 rings (SSSR count). The van der Waals surface area contributed by atoms with Crippen molar-refractivity contribution in [3.05, 3.63) is 95.3 Å². The van der Waals surface area contributed by atoms with Gasteiger partial charge in [-0.3, -0.25) is 0 Å². The average molecular weight is 439 g/mol. The highest BCUT2D eigenvalue weighted by atomic mass is 19.1. The van der Waals surface area contributed by atoms with Crippen molar-refractivity contribution < 1.29 is 4.39 Å². The lowest BCUT2D eigenvalue weighted by atomic mass is 9.79. The van der Waals surface area contributed by atoms with E-state index in [4.69, 9.17) is 0 Å². The maximum atomic E-state index is 15.1. The van der Waals surface area contributed by atoms with Gasteiger partial charge < -0.3 is 0 Å². The summed E-state index contributed by atoms with van der Waals surface area (Å²) in [4.78, 5) is 0. The summed E-state index contributed by atoms with van der Waals surface area (Å²) >= 11 is 0. The Balaban J connectivity index is 1.44. The quantitative estimate of drug-likeness (QED) is 0.196. The van der Waals surface area contributed by atoms with Crippen LogP contribution < -0.4 is 0 Å². The molecule has 0 unspecified atom stereocenters. The van der Waals surface area contributed by atoms with Crippen LogP contribution in [0.5, 0.6) is 0 Å². The van der Waals surface area contributed by atoms with Gasteiger partial charge in [0.1, 0.15) is 5.82 Å². The van der Waals surface area contributed by atoms with Crippen LogP contribution in [0.2, 0.25) is 0 Å². The van der Waals surface area contributed by atoms with Crippen molar-refractivity contribution in [1.29, 1.82) is 0 Å². The summed E-state index contributed by atoms with van der Waals surface area (Å²) < 4.78 is 15.1. The molecule has 3 aromatic carbocycles. The number of halogens is 1. The van der Waals surface area contributed by atoms with Crippen LogP contribution >= 0.6 is 0 Å². The van der Waals surface area contributed by atoms with E-state index in [2.05, 4.69) is 67.8 Å². The third-order valence-corrected chi connectivity index (χ3v) is 7.17. The standard InChI is InChI=1S/C32H35F/c1-3-5-6-7-8-26-14-22-31-30(23-26)21-20-29(32(31)33)19-13-25-11-17-28(18-12-25)27-15-9-24(4-2)10-16-27/h4,11-12,14,17-18,20-24,27H,2-3,5-10,15-16H2,1H3. The van der Waals surface area contributed by atoms with Gasteiger partial charge in [-0.2, -0.15) is 0 Å². The van der Waals surface area contributed by atoms with Crippen LogP contribution in [0.4, 0.5) is 4.39 Å². The highest BCUT2D eigenvalue weighted by Gasteiger charge is 2.20. The molecule has 1 heteroatoms. The number of allylic oxidation sites excluding steroid dienone is 1. The molecular weight excluding hydrogens is 403 g/mol. The molecule has 0 spiro atoms. The Morgan fingerprint density at radius 2 is 1.70 bits per heavy atom. The normalized spacial score (nSPS) is 18.0. The van der Waals surface area contributed by atoms with Gasteiger partial charge >= 0.3 is 0 Å². The van der Waals surface area contributed by atoms with E-state index in [0.29, 0.717) is 22.8 Å².